The summed E-state index contributed by atoms with van der Waals surface area (Å²) in [6.45, 7) is 0. The molecule has 0 bridgehead atoms. The molecule has 2 unspecified atom stereocenters. The topological polar surface area (TPSA) is 88.5 Å². The number of rotatable bonds is 7. The second-order valence-corrected chi connectivity index (χ2v) is 10.6. The minimum Gasteiger partial charge on any atom is -0.497 e. The Bertz CT molecular complexity index is 1470. The van der Waals surface area contributed by atoms with E-state index in [2.05, 4.69) is 25.7 Å². The Hall–Kier alpha value is -3.89. The van der Waals surface area contributed by atoms with Crippen LogP contribution >= 0.6 is 12.2 Å². The van der Waals surface area contributed by atoms with Crippen molar-refractivity contribution in [1.82, 2.24) is 14.9 Å². The summed E-state index contributed by atoms with van der Waals surface area (Å²) in [5.74, 6) is 0.784. The minimum atomic E-state index is -3.37. The molecule has 8 nitrogen and oxygen atoms in total. The fourth-order valence-electron chi connectivity index (χ4n) is 4.45. The first-order valence-corrected chi connectivity index (χ1v) is 13.5. The summed E-state index contributed by atoms with van der Waals surface area (Å²) in [4.78, 5) is 6.66. The van der Waals surface area contributed by atoms with Crippen LogP contribution in [-0.2, 0) is 10.0 Å². The number of nitrogens with zero attached hydrogens (tertiary/aromatic N) is 3. The molecule has 2 aromatic heterocycles. The monoisotopic (exact) mass is 519 g/mol. The van der Waals surface area contributed by atoms with Gasteiger partial charge >= 0.3 is 0 Å². The highest BCUT2D eigenvalue weighted by molar-refractivity contribution is 7.92. The molecule has 5 rings (SSSR count). The number of ether oxygens (including phenoxy) is 1. The Morgan fingerprint density at radius 2 is 1.69 bits per heavy atom. The Balaban J connectivity index is 1.59. The maximum Gasteiger partial charge on any atom is 0.229 e. The number of thiocarbonyl (C=S) groups is 1. The fraction of sp³-hybridized carbons (Fsp3) is 0.154. The molecule has 2 N–H and O–H groups in total. The number of methoxy groups -OCH3 is 1. The minimum absolute atomic E-state index is 0.209. The molecule has 1 saturated heterocycles. The predicted molar refractivity (Wildman–Crippen MR) is 145 cm³/mol. The number of sulfonamides is 1. The number of anilines is 2. The van der Waals surface area contributed by atoms with Gasteiger partial charge in [0.15, 0.2) is 5.11 Å². The zero-order valence-electron chi connectivity index (χ0n) is 19.7. The van der Waals surface area contributed by atoms with Gasteiger partial charge in [-0.05, 0) is 85.0 Å². The third-order valence-corrected chi connectivity index (χ3v) is 6.90. The number of hydrogen-bond donors (Lipinski definition) is 2. The fourth-order valence-corrected chi connectivity index (χ4v) is 5.36. The SMILES string of the molecule is COc1ccc(-n2cccc2C2C(c3ccccn3)NC(=S)N2c2ccc(NS(C)(=O)=O)cc2)cc1. The van der Waals surface area contributed by atoms with Crippen molar-refractivity contribution >= 4 is 38.7 Å². The van der Waals surface area contributed by atoms with Gasteiger partial charge in [-0.25, -0.2) is 8.42 Å². The van der Waals surface area contributed by atoms with Crippen LogP contribution in [-0.4, -0.2) is 36.4 Å². The highest BCUT2D eigenvalue weighted by Crippen LogP contribution is 2.42. The molecule has 0 saturated carbocycles. The summed E-state index contributed by atoms with van der Waals surface area (Å²) in [6, 6.07) is 24.5. The maximum atomic E-state index is 11.6. The molecule has 2 atom stereocenters. The molecule has 1 aliphatic heterocycles. The van der Waals surface area contributed by atoms with Gasteiger partial charge in [-0.15, -0.1) is 0 Å². The first-order chi connectivity index (χ1) is 17.3. The largest absolute Gasteiger partial charge is 0.497 e. The van der Waals surface area contributed by atoms with Gasteiger partial charge in [-0.2, -0.15) is 0 Å². The van der Waals surface area contributed by atoms with Gasteiger partial charge in [0.25, 0.3) is 0 Å². The number of pyridine rings is 1. The van der Waals surface area contributed by atoms with E-state index >= 15 is 0 Å². The van der Waals surface area contributed by atoms with Crippen molar-refractivity contribution in [3.8, 4) is 11.4 Å². The Labute approximate surface area is 215 Å². The first kappa shape index (κ1) is 23.8. The molecule has 36 heavy (non-hydrogen) atoms. The summed E-state index contributed by atoms with van der Waals surface area (Å²) in [5.41, 5.74) is 4.18. The van der Waals surface area contributed by atoms with Crippen LogP contribution in [0, 0.1) is 0 Å². The van der Waals surface area contributed by atoms with Crippen LogP contribution in [0.15, 0.2) is 91.3 Å². The van der Waals surface area contributed by atoms with Gasteiger partial charge in [0.2, 0.25) is 10.0 Å². The number of hydrogen-bond acceptors (Lipinski definition) is 5. The molecule has 1 fully saturated rings. The van der Waals surface area contributed by atoms with E-state index in [1.54, 1.807) is 25.4 Å². The van der Waals surface area contributed by atoms with Gasteiger partial charge in [0.05, 0.1) is 25.1 Å². The van der Waals surface area contributed by atoms with E-state index in [1.165, 1.54) is 0 Å². The summed E-state index contributed by atoms with van der Waals surface area (Å²) in [5, 5.41) is 4.01. The number of nitrogens with one attached hydrogen (secondary N) is 2. The molecule has 10 heteroatoms. The van der Waals surface area contributed by atoms with Crippen molar-refractivity contribution in [3.05, 3.63) is 103 Å². The molecule has 2 aromatic carbocycles. The van der Waals surface area contributed by atoms with Crippen molar-refractivity contribution in [3.63, 3.8) is 0 Å². The van der Waals surface area contributed by atoms with Crippen molar-refractivity contribution in [2.45, 2.75) is 12.1 Å². The molecule has 1 aliphatic rings. The lowest BCUT2D eigenvalue weighted by atomic mass is 10.0. The lowest BCUT2D eigenvalue weighted by Crippen LogP contribution is -2.30. The van der Waals surface area contributed by atoms with Crippen LogP contribution in [0.25, 0.3) is 5.69 Å². The lowest BCUT2D eigenvalue weighted by Gasteiger charge is -2.29. The van der Waals surface area contributed by atoms with Crippen LogP contribution in [0.5, 0.6) is 5.75 Å². The molecule has 0 amide bonds. The third kappa shape index (κ3) is 4.77. The van der Waals surface area contributed by atoms with Crippen molar-refractivity contribution in [1.29, 1.82) is 0 Å². The van der Waals surface area contributed by atoms with E-state index in [9.17, 15) is 8.42 Å². The van der Waals surface area contributed by atoms with Gasteiger partial charge in [-0.3, -0.25) is 9.71 Å². The molecule has 184 valence electrons. The summed E-state index contributed by atoms with van der Waals surface area (Å²) in [6.07, 6.45) is 4.92. The number of benzene rings is 2. The van der Waals surface area contributed by atoms with Crippen molar-refractivity contribution < 1.29 is 13.2 Å². The molecular formula is C26H25N5O3S2. The highest BCUT2D eigenvalue weighted by Gasteiger charge is 2.42. The molecule has 4 aromatic rings. The van der Waals surface area contributed by atoms with E-state index in [0.29, 0.717) is 10.8 Å². The molecule has 0 radical (unpaired) electrons. The highest BCUT2D eigenvalue weighted by atomic mass is 32.2. The van der Waals surface area contributed by atoms with Crippen LogP contribution in [0.4, 0.5) is 11.4 Å². The summed E-state index contributed by atoms with van der Waals surface area (Å²) >= 11 is 5.81. The molecular weight excluding hydrogens is 494 g/mol. The van der Waals surface area contributed by atoms with E-state index in [4.69, 9.17) is 17.0 Å². The van der Waals surface area contributed by atoms with Crippen LogP contribution in [0.2, 0.25) is 0 Å². The van der Waals surface area contributed by atoms with Gasteiger partial charge in [0, 0.05) is 35.1 Å². The number of aromatic nitrogens is 2. The van der Waals surface area contributed by atoms with Crippen LogP contribution < -0.4 is 19.7 Å². The van der Waals surface area contributed by atoms with Gasteiger partial charge < -0.3 is 19.5 Å². The second-order valence-electron chi connectivity index (χ2n) is 8.42. The lowest BCUT2D eigenvalue weighted by molar-refractivity contribution is 0.414. The zero-order chi connectivity index (χ0) is 25.3. The van der Waals surface area contributed by atoms with E-state index < -0.39 is 10.0 Å². The average Bonchev–Trinajstić information content (AvgIpc) is 3.48. The Kier molecular flexibility index (Phi) is 6.38. The maximum absolute atomic E-state index is 11.6. The smallest absolute Gasteiger partial charge is 0.229 e. The normalized spacial score (nSPS) is 17.6. The van der Waals surface area contributed by atoms with E-state index in [-0.39, 0.29) is 12.1 Å². The molecule has 0 spiro atoms. The zero-order valence-corrected chi connectivity index (χ0v) is 21.3. The van der Waals surface area contributed by atoms with E-state index in [1.807, 2.05) is 71.8 Å². The second kappa shape index (κ2) is 9.63. The summed E-state index contributed by atoms with van der Waals surface area (Å²) < 4.78 is 33.2. The Morgan fingerprint density at radius 1 is 0.972 bits per heavy atom. The quantitative estimate of drug-likeness (QED) is 0.349. The molecule has 3 heterocycles. The van der Waals surface area contributed by atoms with Crippen molar-refractivity contribution in [2.75, 3.05) is 23.0 Å². The summed E-state index contributed by atoms with van der Waals surface area (Å²) in [7, 11) is -1.73. The third-order valence-electron chi connectivity index (χ3n) is 5.98. The van der Waals surface area contributed by atoms with Gasteiger partial charge in [-0.1, -0.05) is 6.07 Å². The van der Waals surface area contributed by atoms with E-state index in [0.717, 1.165) is 34.8 Å². The standard InChI is InChI=1S/C26H25N5O3S2/c1-34-21-14-12-19(13-15-21)30-17-5-7-23(30)25-24(22-6-3-4-16-27-22)28-26(35)31(25)20-10-8-18(9-11-20)29-36(2,32)33/h3-17,24-25,29H,1-2H3,(H,28,35). The molecule has 0 aliphatic carbocycles. The van der Waals surface area contributed by atoms with Crippen LogP contribution in [0.3, 0.4) is 0 Å². The van der Waals surface area contributed by atoms with Gasteiger partial charge in [0.1, 0.15) is 11.8 Å². The van der Waals surface area contributed by atoms with Crippen LogP contribution in [0.1, 0.15) is 23.5 Å². The predicted octanol–water partition coefficient (Wildman–Crippen LogP) is 4.43. The van der Waals surface area contributed by atoms with Crippen molar-refractivity contribution in [2.24, 2.45) is 0 Å². The Morgan fingerprint density at radius 3 is 2.33 bits per heavy atom. The average molecular weight is 520 g/mol. The first-order valence-electron chi connectivity index (χ1n) is 11.2.